The van der Waals surface area contributed by atoms with E-state index in [0.29, 0.717) is 26.4 Å². The van der Waals surface area contributed by atoms with Gasteiger partial charge in [0.2, 0.25) is 0 Å². The lowest BCUT2D eigenvalue weighted by molar-refractivity contribution is -0.000464. The van der Waals surface area contributed by atoms with Gasteiger partial charge in [0.1, 0.15) is 0 Å². The molecular formula is C11H25NO4. The lowest BCUT2D eigenvalue weighted by Crippen LogP contribution is -2.36. The molecule has 0 aliphatic rings. The molecule has 0 saturated carbocycles. The smallest absolute Gasteiger partial charge is 0.0900 e. The molecule has 5 heteroatoms. The Morgan fingerprint density at radius 1 is 1.31 bits per heavy atom. The van der Waals surface area contributed by atoms with Crippen LogP contribution in [0, 0.1) is 0 Å². The second-order valence-corrected chi connectivity index (χ2v) is 3.69. The van der Waals surface area contributed by atoms with Crippen molar-refractivity contribution in [2.45, 2.75) is 19.4 Å². The van der Waals surface area contributed by atoms with Crippen LogP contribution < -0.4 is 0 Å². The minimum Gasteiger partial charge on any atom is -0.396 e. The zero-order chi connectivity index (χ0) is 12.2. The zero-order valence-corrected chi connectivity index (χ0v) is 10.4. The van der Waals surface area contributed by atoms with Crippen molar-refractivity contribution < 1.29 is 19.7 Å². The molecule has 0 heterocycles. The predicted molar refractivity (Wildman–Crippen MR) is 62.5 cm³/mol. The summed E-state index contributed by atoms with van der Waals surface area (Å²) in [6.07, 6.45) is 0.265. The van der Waals surface area contributed by atoms with Crippen LogP contribution in [0.5, 0.6) is 0 Å². The van der Waals surface area contributed by atoms with E-state index in [-0.39, 0.29) is 6.61 Å². The summed E-state index contributed by atoms with van der Waals surface area (Å²) < 4.78 is 10.1. The number of nitrogens with zero attached hydrogens (tertiary/aromatic N) is 1. The van der Waals surface area contributed by atoms with E-state index in [1.54, 1.807) is 7.11 Å². The number of ether oxygens (including phenoxy) is 2. The van der Waals surface area contributed by atoms with Gasteiger partial charge in [0.15, 0.2) is 0 Å². The number of likely N-dealkylation sites (N-methyl/N-ethyl adjacent to an activating group) is 1. The van der Waals surface area contributed by atoms with Gasteiger partial charge in [-0.15, -0.1) is 0 Å². The summed E-state index contributed by atoms with van der Waals surface area (Å²) >= 11 is 0. The second kappa shape index (κ2) is 11.3. The number of aliphatic hydroxyl groups is 2. The van der Waals surface area contributed by atoms with Gasteiger partial charge in [-0.05, 0) is 13.0 Å². The van der Waals surface area contributed by atoms with Crippen LogP contribution in [-0.2, 0) is 9.47 Å². The average Bonchev–Trinajstić information content (AvgIpc) is 2.30. The van der Waals surface area contributed by atoms with Crippen molar-refractivity contribution in [1.29, 1.82) is 0 Å². The van der Waals surface area contributed by atoms with E-state index < -0.39 is 6.10 Å². The highest BCUT2D eigenvalue weighted by Gasteiger charge is 2.09. The third-order valence-corrected chi connectivity index (χ3v) is 2.29. The van der Waals surface area contributed by atoms with Crippen molar-refractivity contribution in [3.63, 3.8) is 0 Å². The molecule has 0 spiro atoms. The summed E-state index contributed by atoms with van der Waals surface area (Å²) in [7, 11) is 1.62. The summed E-state index contributed by atoms with van der Waals surface area (Å²) in [4.78, 5) is 2.10. The van der Waals surface area contributed by atoms with Gasteiger partial charge in [0.25, 0.3) is 0 Å². The average molecular weight is 235 g/mol. The lowest BCUT2D eigenvalue weighted by atomic mass is 10.3. The molecule has 0 amide bonds. The first-order chi connectivity index (χ1) is 7.74. The maximum absolute atomic E-state index is 9.68. The Morgan fingerprint density at radius 2 is 2.06 bits per heavy atom. The molecule has 0 aromatic rings. The summed E-state index contributed by atoms with van der Waals surface area (Å²) in [5.41, 5.74) is 0. The van der Waals surface area contributed by atoms with Gasteiger partial charge in [0, 0.05) is 26.8 Å². The van der Waals surface area contributed by atoms with Crippen molar-refractivity contribution in [3.8, 4) is 0 Å². The molecule has 0 aromatic heterocycles. The fourth-order valence-corrected chi connectivity index (χ4v) is 1.39. The second-order valence-electron chi connectivity index (χ2n) is 3.69. The molecule has 0 aliphatic heterocycles. The van der Waals surface area contributed by atoms with Gasteiger partial charge < -0.3 is 24.6 Å². The van der Waals surface area contributed by atoms with Gasteiger partial charge in [-0.2, -0.15) is 0 Å². The maximum Gasteiger partial charge on any atom is 0.0900 e. The highest BCUT2D eigenvalue weighted by molar-refractivity contribution is 4.63. The Hall–Kier alpha value is -0.200. The van der Waals surface area contributed by atoms with Gasteiger partial charge >= 0.3 is 0 Å². The van der Waals surface area contributed by atoms with E-state index in [1.807, 2.05) is 6.92 Å². The highest BCUT2D eigenvalue weighted by atomic mass is 16.5. The number of hydrogen-bond donors (Lipinski definition) is 2. The Morgan fingerprint density at radius 3 is 2.62 bits per heavy atom. The molecule has 0 aliphatic carbocycles. The first-order valence-corrected chi connectivity index (χ1v) is 5.82. The molecule has 98 valence electrons. The van der Waals surface area contributed by atoms with Crippen LogP contribution in [0.3, 0.4) is 0 Å². The standard InChI is InChI=1S/C11H25NO4/c1-3-12(5-4-6-13)9-11(14)10-16-8-7-15-2/h11,13-14H,3-10H2,1-2H3. The third-order valence-electron chi connectivity index (χ3n) is 2.29. The van der Waals surface area contributed by atoms with Crippen molar-refractivity contribution in [3.05, 3.63) is 0 Å². The fourth-order valence-electron chi connectivity index (χ4n) is 1.39. The molecule has 0 rings (SSSR count). The Bertz CT molecular complexity index is 146. The summed E-state index contributed by atoms with van der Waals surface area (Å²) in [5, 5.41) is 18.4. The molecule has 0 fully saturated rings. The Kier molecular flexibility index (Phi) is 11.1. The molecule has 0 radical (unpaired) electrons. The molecule has 0 saturated heterocycles. The topological polar surface area (TPSA) is 62.2 Å². The molecule has 2 N–H and O–H groups in total. The maximum atomic E-state index is 9.68. The van der Waals surface area contributed by atoms with Crippen molar-refractivity contribution >= 4 is 0 Å². The summed E-state index contributed by atoms with van der Waals surface area (Å²) in [5.74, 6) is 0. The molecule has 0 aromatic carbocycles. The first kappa shape index (κ1) is 15.8. The van der Waals surface area contributed by atoms with Crippen LogP contribution in [0.4, 0.5) is 0 Å². The molecule has 16 heavy (non-hydrogen) atoms. The van der Waals surface area contributed by atoms with Crippen LogP contribution >= 0.6 is 0 Å². The van der Waals surface area contributed by atoms with Crippen LogP contribution in [0.2, 0.25) is 0 Å². The van der Waals surface area contributed by atoms with Crippen LogP contribution in [0.25, 0.3) is 0 Å². The van der Waals surface area contributed by atoms with Gasteiger partial charge in [-0.1, -0.05) is 6.92 Å². The molecule has 1 unspecified atom stereocenters. The van der Waals surface area contributed by atoms with E-state index in [2.05, 4.69) is 4.90 Å². The van der Waals surface area contributed by atoms with E-state index in [1.165, 1.54) is 0 Å². The predicted octanol–water partition coefficient (Wildman–Crippen LogP) is -0.285. The third kappa shape index (κ3) is 9.06. The zero-order valence-electron chi connectivity index (χ0n) is 10.4. The first-order valence-electron chi connectivity index (χ1n) is 5.82. The van der Waals surface area contributed by atoms with Crippen LogP contribution in [0.1, 0.15) is 13.3 Å². The van der Waals surface area contributed by atoms with Gasteiger partial charge in [0.05, 0.1) is 25.9 Å². The molecule has 1 atom stereocenters. The normalized spacial score (nSPS) is 13.3. The lowest BCUT2D eigenvalue weighted by Gasteiger charge is -2.23. The molecular weight excluding hydrogens is 210 g/mol. The van der Waals surface area contributed by atoms with Crippen LogP contribution in [0.15, 0.2) is 0 Å². The monoisotopic (exact) mass is 235 g/mol. The fraction of sp³-hybridized carbons (Fsp3) is 1.00. The summed E-state index contributed by atoms with van der Waals surface area (Å²) in [6.45, 7) is 5.89. The highest BCUT2D eigenvalue weighted by Crippen LogP contribution is 1.95. The van der Waals surface area contributed by atoms with Crippen molar-refractivity contribution in [2.75, 3.05) is 53.2 Å². The quantitative estimate of drug-likeness (QED) is 0.482. The molecule has 0 bridgehead atoms. The van der Waals surface area contributed by atoms with E-state index in [9.17, 15) is 5.11 Å². The Balaban J connectivity index is 3.53. The van der Waals surface area contributed by atoms with E-state index in [0.717, 1.165) is 19.5 Å². The van der Waals surface area contributed by atoms with Crippen molar-refractivity contribution in [1.82, 2.24) is 4.90 Å². The minimum absolute atomic E-state index is 0.191. The SMILES string of the molecule is CCN(CCCO)CC(O)COCCOC. The van der Waals surface area contributed by atoms with Crippen molar-refractivity contribution in [2.24, 2.45) is 0 Å². The van der Waals surface area contributed by atoms with Crippen LogP contribution in [-0.4, -0.2) is 74.4 Å². The number of methoxy groups -OCH3 is 1. The van der Waals surface area contributed by atoms with E-state index >= 15 is 0 Å². The summed E-state index contributed by atoms with van der Waals surface area (Å²) in [6, 6.07) is 0. The molecule has 5 nitrogen and oxygen atoms in total. The van der Waals surface area contributed by atoms with Gasteiger partial charge in [-0.25, -0.2) is 0 Å². The van der Waals surface area contributed by atoms with E-state index in [4.69, 9.17) is 14.6 Å². The minimum atomic E-state index is -0.476. The number of rotatable bonds is 11. The van der Waals surface area contributed by atoms with Gasteiger partial charge in [-0.3, -0.25) is 0 Å². The number of hydrogen-bond acceptors (Lipinski definition) is 5. The number of aliphatic hydroxyl groups excluding tert-OH is 2. The largest absolute Gasteiger partial charge is 0.396 e. The Labute approximate surface area is 98.0 Å².